The van der Waals surface area contributed by atoms with Gasteiger partial charge in [0.25, 0.3) is 0 Å². The lowest BCUT2D eigenvalue weighted by Crippen LogP contribution is -2.16. The number of hydrogen-bond donors (Lipinski definition) is 0. The molecule has 0 N–H and O–H groups in total. The van der Waals surface area contributed by atoms with Crippen molar-refractivity contribution in [2.75, 3.05) is 7.11 Å². The molecule has 0 aromatic heterocycles. The molecule has 88 valence electrons. The highest BCUT2D eigenvalue weighted by Crippen LogP contribution is 2.35. The molecule has 0 saturated carbocycles. The molecule has 0 saturated heterocycles. The lowest BCUT2D eigenvalue weighted by Gasteiger charge is -2.28. The van der Waals surface area contributed by atoms with E-state index in [1.54, 1.807) is 7.11 Å². The highest BCUT2D eigenvalue weighted by Gasteiger charge is 2.25. The molecule has 1 aliphatic rings. The van der Waals surface area contributed by atoms with Crippen LogP contribution in [0.5, 0.6) is 5.75 Å². The molecule has 0 aliphatic carbocycles. The van der Waals surface area contributed by atoms with Crippen LogP contribution in [-0.4, -0.2) is 7.11 Å². The summed E-state index contributed by atoms with van der Waals surface area (Å²) in [7, 11) is 1.64. The van der Waals surface area contributed by atoms with Gasteiger partial charge in [-0.1, -0.05) is 19.1 Å². The molecular weight excluding hydrogens is 214 g/mol. The third kappa shape index (κ3) is 2.42. The van der Waals surface area contributed by atoms with E-state index in [2.05, 4.69) is 13.0 Å². The predicted molar refractivity (Wildman–Crippen MR) is 64.3 cm³/mol. The number of methoxy groups -OCH3 is 1. The van der Waals surface area contributed by atoms with Gasteiger partial charge in [-0.3, -0.25) is 0 Å². The standard InChI is InChI=1S/C14H15NO2/c1-10-3-6-13(9-15)17-14(10)11-4-7-12(16-2)8-5-11/h4-8,10,14H,3H2,1-2H3/t10-,14-/m1/s1. The fourth-order valence-electron chi connectivity index (χ4n) is 1.98. The van der Waals surface area contributed by atoms with E-state index in [-0.39, 0.29) is 6.10 Å². The summed E-state index contributed by atoms with van der Waals surface area (Å²) in [6, 6.07) is 9.86. The summed E-state index contributed by atoms with van der Waals surface area (Å²) >= 11 is 0. The van der Waals surface area contributed by atoms with Gasteiger partial charge in [-0.15, -0.1) is 0 Å². The Hall–Kier alpha value is -1.95. The number of ether oxygens (including phenoxy) is 2. The second-order valence-electron chi connectivity index (χ2n) is 4.20. The average molecular weight is 229 g/mol. The Kier molecular flexibility index (Phi) is 3.34. The Morgan fingerprint density at radius 1 is 1.35 bits per heavy atom. The smallest absolute Gasteiger partial charge is 0.193 e. The van der Waals surface area contributed by atoms with E-state index in [1.807, 2.05) is 30.3 Å². The van der Waals surface area contributed by atoms with Gasteiger partial charge in [0.2, 0.25) is 0 Å². The number of hydrogen-bond acceptors (Lipinski definition) is 3. The molecule has 3 heteroatoms. The first-order chi connectivity index (χ1) is 8.24. The molecule has 2 rings (SSSR count). The SMILES string of the molecule is COc1ccc([C@@H]2OC(C#N)=CC[C@H]2C)cc1. The monoisotopic (exact) mass is 229 g/mol. The van der Waals surface area contributed by atoms with Gasteiger partial charge in [0.05, 0.1) is 7.11 Å². The zero-order valence-corrected chi connectivity index (χ0v) is 10.0. The van der Waals surface area contributed by atoms with Crippen molar-refractivity contribution in [3.8, 4) is 11.8 Å². The van der Waals surface area contributed by atoms with Crippen LogP contribution in [-0.2, 0) is 4.74 Å². The Labute approximate surface area is 101 Å². The van der Waals surface area contributed by atoms with Gasteiger partial charge in [-0.25, -0.2) is 0 Å². The average Bonchev–Trinajstić information content (AvgIpc) is 2.39. The maximum absolute atomic E-state index is 8.86. The van der Waals surface area contributed by atoms with Crippen LogP contribution < -0.4 is 4.74 Å². The van der Waals surface area contributed by atoms with Gasteiger partial charge in [0.15, 0.2) is 5.76 Å². The van der Waals surface area contributed by atoms with Crippen molar-refractivity contribution in [1.29, 1.82) is 5.26 Å². The molecule has 2 atom stereocenters. The molecule has 1 heterocycles. The Morgan fingerprint density at radius 2 is 2.06 bits per heavy atom. The molecule has 1 aromatic carbocycles. The largest absolute Gasteiger partial charge is 0.497 e. The van der Waals surface area contributed by atoms with Crippen LogP contribution in [0.25, 0.3) is 0 Å². The van der Waals surface area contributed by atoms with Crippen molar-refractivity contribution < 1.29 is 9.47 Å². The van der Waals surface area contributed by atoms with Crippen molar-refractivity contribution in [3.05, 3.63) is 41.7 Å². The third-order valence-electron chi connectivity index (χ3n) is 3.00. The zero-order valence-electron chi connectivity index (χ0n) is 10.0. The van der Waals surface area contributed by atoms with E-state index in [0.717, 1.165) is 17.7 Å². The minimum Gasteiger partial charge on any atom is -0.497 e. The van der Waals surface area contributed by atoms with E-state index >= 15 is 0 Å². The van der Waals surface area contributed by atoms with Gasteiger partial charge < -0.3 is 9.47 Å². The zero-order chi connectivity index (χ0) is 12.3. The molecule has 0 unspecified atom stereocenters. The van der Waals surface area contributed by atoms with Crippen LogP contribution in [0.2, 0.25) is 0 Å². The fraction of sp³-hybridized carbons (Fsp3) is 0.357. The Bertz CT molecular complexity index is 456. The van der Waals surface area contributed by atoms with Crippen LogP contribution in [0.3, 0.4) is 0 Å². The maximum Gasteiger partial charge on any atom is 0.193 e. The molecule has 17 heavy (non-hydrogen) atoms. The summed E-state index contributed by atoms with van der Waals surface area (Å²) in [5.41, 5.74) is 1.08. The number of benzene rings is 1. The van der Waals surface area contributed by atoms with Crippen molar-refractivity contribution >= 4 is 0 Å². The number of nitriles is 1. The molecular formula is C14H15NO2. The molecule has 1 aromatic rings. The van der Waals surface area contributed by atoms with E-state index < -0.39 is 0 Å². The van der Waals surface area contributed by atoms with Crippen LogP contribution in [0, 0.1) is 17.2 Å². The Balaban J connectivity index is 2.21. The predicted octanol–water partition coefficient (Wildman–Crippen LogP) is 3.20. The summed E-state index contributed by atoms with van der Waals surface area (Å²) in [6.45, 7) is 2.12. The lowest BCUT2D eigenvalue weighted by molar-refractivity contribution is 0.0646. The van der Waals surface area contributed by atoms with Gasteiger partial charge >= 0.3 is 0 Å². The van der Waals surface area contributed by atoms with Crippen molar-refractivity contribution in [3.63, 3.8) is 0 Å². The second-order valence-corrected chi connectivity index (χ2v) is 4.20. The highest BCUT2D eigenvalue weighted by atomic mass is 16.5. The molecule has 0 bridgehead atoms. The first-order valence-electron chi connectivity index (χ1n) is 5.65. The van der Waals surface area contributed by atoms with Gasteiger partial charge in [-0.05, 0) is 30.2 Å². The maximum atomic E-state index is 8.86. The van der Waals surface area contributed by atoms with Crippen molar-refractivity contribution in [2.45, 2.75) is 19.4 Å². The van der Waals surface area contributed by atoms with Crippen molar-refractivity contribution in [1.82, 2.24) is 0 Å². The van der Waals surface area contributed by atoms with Gasteiger partial charge in [0.1, 0.15) is 17.9 Å². The highest BCUT2D eigenvalue weighted by molar-refractivity contribution is 5.30. The second kappa shape index (κ2) is 4.92. The van der Waals surface area contributed by atoms with E-state index in [9.17, 15) is 0 Å². The first kappa shape index (κ1) is 11.5. The fourth-order valence-corrected chi connectivity index (χ4v) is 1.98. The summed E-state index contributed by atoms with van der Waals surface area (Å²) in [5.74, 6) is 1.62. The minimum atomic E-state index is -0.0412. The lowest BCUT2D eigenvalue weighted by atomic mass is 9.92. The molecule has 0 fully saturated rings. The van der Waals surface area contributed by atoms with Gasteiger partial charge in [0, 0.05) is 5.92 Å². The minimum absolute atomic E-state index is 0.0412. The summed E-state index contributed by atoms with van der Waals surface area (Å²) in [5, 5.41) is 8.86. The molecule has 0 spiro atoms. The molecule has 1 aliphatic heterocycles. The van der Waals surface area contributed by atoms with Crippen molar-refractivity contribution in [2.24, 2.45) is 5.92 Å². The Morgan fingerprint density at radius 3 is 2.65 bits per heavy atom. The van der Waals surface area contributed by atoms with E-state index in [4.69, 9.17) is 14.7 Å². The number of nitrogens with zero attached hydrogens (tertiary/aromatic N) is 1. The number of rotatable bonds is 2. The summed E-state index contributed by atoms with van der Waals surface area (Å²) in [6.07, 6.45) is 2.69. The third-order valence-corrected chi connectivity index (χ3v) is 3.00. The van der Waals surface area contributed by atoms with E-state index in [1.165, 1.54) is 0 Å². The van der Waals surface area contributed by atoms with E-state index in [0.29, 0.717) is 11.7 Å². The topological polar surface area (TPSA) is 42.2 Å². The first-order valence-corrected chi connectivity index (χ1v) is 5.65. The molecule has 0 radical (unpaired) electrons. The number of allylic oxidation sites excluding steroid dienone is 2. The van der Waals surface area contributed by atoms with Crippen LogP contribution >= 0.6 is 0 Å². The van der Waals surface area contributed by atoms with Crippen LogP contribution in [0.4, 0.5) is 0 Å². The quantitative estimate of drug-likeness (QED) is 0.782. The summed E-state index contributed by atoms with van der Waals surface area (Å²) in [4.78, 5) is 0. The molecule has 0 amide bonds. The summed E-state index contributed by atoms with van der Waals surface area (Å²) < 4.78 is 10.8. The van der Waals surface area contributed by atoms with Crippen LogP contribution in [0.1, 0.15) is 25.0 Å². The normalized spacial score (nSPS) is 23.2. The van der Waals surface area contributed by atoms with Crippen LogP contribution in [0.15, 0.2) is 36.1 Å². The molecule has 3 nitrogen and oxygen atoms in total. The van der Waals surface area contributed by atoms with Gasteiger partial charge in [-0.2, -0.15) is 5.26 Å².